The minimum absolute atomic E-state index is 0.161. The lowest BCUT2D eigenvalue weighted by atomic mass is 10.2. The van der Waals surface area contributed by atoms with Gasteiger partial charge in [0.15, 0.2) is 0 Å². The third kappa shape index (κ3) is 2.98. The van der Waals surface area contributed by atoms with Gasteiger partial charge in [-0.05, 0) is 19.1 Å². The lowest BCUT2D eigenvalue weighted by molar-refractivity contribution is 0.122. The van der Waals surface area contributed by atoms with Crippen molar-refractivity contribution in [3.05, 3.63) is 52.6 Å². The number of para-hydroxylation sites is 1. The molecule has 0 atom stereocenters. The molecule has 0 radical (unpaired) electrons. The highest BCUT2D eigenvalue weighted by atomic mass is 32.1. The number of fused-ring (bicyclic) bond motifs is 1. The van der Waals surface area contributed by atoms with E-state index in [1.165, 1.54) is 16.0 Å². The average Bonchev–Trinajstić information content (AvgIpc) is 3.31. The van der Waals surface area contributed by atoms with Crippen LogP contribution in [0.25, 0.3) is 26.6 Å². The lowest BCUT2D eigenvalue weighted by Gasteiger charge is -2.27. The van der Waals surface area contributed by atoms with Crippen LogP contribution in [0.5, 0.6) is 0 Å². The van der Waals surface area contributed by atoms with Crippen molar-refractivity contribution >= 4 is 27.5 Å². The van der Waals surface area contributed by atoms with E-state index in [0.717, 1.165) is 34.6 Å². The number of anilines is 1. The fourth-order valence-corrected chi connectivity index (χ4v) is 4.20. The van der Waals surface area contributed by atoms with Crippen LogP contribution >= 0.6 is 11.3 Å². The molecule has 0 aliphatic carbocycles. The number of H-pyrrole nitrogens is 1. The van der Waals surface area contributed by atoms with E-state index >= 15 is 0 Å². The third-order valence-electron chi connectivity index (χ3n) is 4.75. The lowest BCUT2D eigenvalue weighted by Crippen LogP contribution is -2.37. The Hall–Kier alpha value is -3.04. The van der Waals surface area contributed by atoms with Crippen LogP contribution in [-0.2, 0) is 4.74 Å². The largest absolute Gasteiger partial charge is 0.378 e. The molecule has 28 heavy (non-hydrogen) atoms. The molecule has 3 aromatic heterocycles. The maximum Gasteiger partial charge on any atom is 0.273 e. The zero-order valence-corrected chi connectivity index (χ0v) is 16.1. The molecule has 0 saturated carbocycles. The van der Waals surface area contributed by atoms with E-state index in [1.54, 1.807) is 12.3 Å². The van der Waals surface area contributed by atoms with Crippen LogP contribution in [0.2, 0.25) is 0 Å². The molecular formula is C19H18N6O2S. The Morgan fingerprint density at radius 2 is 2.00 bits per heavy atom. The maximum absolute atomic E-state index is 12.6. The Morgan fingerprint density at radius 3 is 2.79 bits per heavy atom. The summed E-state index contributed by atoms with van der Waals surface area (Å²) in [5.74, 6) is 0.692. The first-order valence-corrected chi connectivity index (χ1v) is 9.85. The van der Waals surface area contributed by atoms with Gasteiger partial charge in [-0.1, -0.05) is 23.5 Å². The number of hydrogen-bond acceptors (Lipinski definition) is 7. The topological polar surface area (TPSA) is 88.9 Å². The number of ether oxygens (including phenoxy) is 1. The van der Waals surface area contributed by atoms with Gasteiger partial charge in [-0.3, -0.25) is 9.89 Å². The molecule has 1 saturated heterocycles. The van der Waals surface area contributed by atoms with Crippen LogP contribution < -0.4 is 10.5 Å². The zero-order chi connectivity index (χ0) is 19.1. The predicted molar refractivity (Wildman–Crippen MR) is 108 cm³/mol. The van der Waals surface area contributed by atoms with Gasteiger partial charge in [0.05, 0.1) is 34.8 Å². The fraction of sp³-hybridized carbons (Fsp3) is 0.263. The highest BCUT2D eigenvalue weighted by molar-refractivity contribution is 7.20. The Balaban J connectivity index is 1.50. The van der Waals surface area contributed by atoms with E-state index in [4.69, 9.17) is 4.74 Å². The Morgan fingerprint density at radius 1 is 1.18 bits per heavy atom. The number of thiazole rings is 1. The highest BCUT2D eigenvalue weighted by Gasteiger charge is 2.17. The summed E-state index contributed by atoms with van der Waals surface area (Å²) in [4.78, 5) is 28.3. The van der Waals surface area contributed by atoms with Gasteiger partial charge in [0.2, 0.25) is 11.1 Å². The van der Waals surface area contributed by atoms with E-state index in [-0.39, 0.29) is 5.56 Å². The number of hydrogen-bond donors (Lipinski definition) is 1. The van der Waals surface area contributed by atoms with Gasteiger partial charge >= 0.3 is 0 Å². The molecule has 1 aromatic carbocycles. The van der Waals surface area contributed by atoms with Crippen molar-refractivity contribution in [3.8, 4) is 16.4 Å². The average molecular weight is 394 g/mol. The van der Waals surface area contributed by atoms with E-state index in [2.05, 4.69) is 25.0 Å². The molecule has 4 heterocycles. The molecular weight excluding hydrogens is 376 g/mol. The molecule has 0 bridgehead atoms. The van der Waals surface area contributed by atoms with Crippen LogP contribution in [0.3, 0.4) is 0 Å². The molecule has 0 amide bonds. The summed E-state index contributed by atoms with van der Waals surface area (Å²) in [5, 5.41) is 3.77. The molecule has 1 N–H and O–H groups in total. The van der Waals surface area contributed by atoms with Crippen LogP contribution in [0, 0.1) is 6.92 Å². The normalized spacial score (nSPS) is 14.7. The molecule has 1 aliphatic heterocycles. The molecule has 1 fully saturated rings. The van der Waals surface area contributed by atoms with Gasteiger partial charge in [-0.25, -0.2) is 15.0 Å². The first-order chi connectivity index (χ1) is 13.7. The van der Waals surface area contributed by atoms with Crippen molar-refractivity contribution in [1.29, 1.82) is 0 Å². The van der Waals surface area contributed by atoms with E-state index in [9.17, 15) is 4.79 Å². The van der Waals surface area contributed by atoms with E-state index in [1.807, 2.05) is 31.2 Å². The van der Waals surface area contributed by atoms with Crippen molar-refractivity contribution < 1.29 is 4.74 Å². The monoisotopic (exact) mass is 394 g/mol. The molecule has 9 heteroatoms. The summed E-state index contributed by atoms with van der Waals surface area (Å²) in [6.45, 7) is 4.85. The second-order valence-corrected chi connectivity index (χ2v) is 7.59. The highest BCUT2D eigenvalue weighted by Crippen LogP contribution is 2.25. The molecule has 142 valence electrons. The Labute approximate surface area is 164 Å². The molecule has 0 unspecified atom stereocenters. The standard InChI is InChI=1S/C19H18N6O2S/c1-12-13(11-20-18(21-12)24-6-8-27-9-7-24)15-10-17(26)25(23-15)19-22-14-4-2-3-5-16(14)28-19/h2-5,10-11,23H,6-9H2,1H3. The predicted octanol–water partition coefficient (Wildman–Crippen LogP) is 2.38. The van der Waals surface area contributed by atoms with Crippen LogP contribution in [-0.4, -0.2) is 51.0 Å². The minimum Gasteiger partial charge on any atom is -0.378 e. The zero-order valence-electron chi connectivity index (χ0n) is 15.3. The molecule has 1 aliphatic rings. The number of nitrogens with zero attached hydrogens (tertiary/aromatic N) is 5. The van der Waals surface area contributed by atoms with E-state index in [0.29, 0.717) is 30.0 Å². The van der Waals surface area contributed by atoms with Gasteiger partial charge in [0.1, 0.15) is 0 Å². The molecule has 4 aromatic rings. The Kier molecular flexibility index (Phi) is 4.18. The number of morpholine rings is 1. The van der Waals surface area contributed by atoms with Crippen molar-refractivity contribution in [2.75, 3.05) is 31.2 Å². The molecule has 5 rings (SSSR count). The number of aromatic nitrogens is 5. The van der Waals surface area contributed by atoms with Gasteiger partial charge in [-0.15, -0.1) is 0 Å². The summed E-state index contributed by atoms with van der Waals surface area (Å²) in [7, 11) is 0. The van der Waals surface area contributed by atoms with Crippen LogP contribution in [0.4, 0.5) is 5.95 Å². The second-order valence-electron chi connectivity index (χ2n) is 6.58. The summed E-state index contributed by atoms with van der Waals surface area (Å²) in [6.07, 6.45) is 1.76. The first-order valence-electron chi connectivity index (χ1n) is 9.04. The summed E-state index contributed by atoms with van der Waals surface area (Å²) in [5.41, 5.74) is 3.00. The summed E-state index contributed by atoms with van der Waals surface area (Å²) < 4.78 is 7.88. The fourth-order valence-electron chi connectivity index (χ4n) is 3.27. The number of nitrogens with one attached hydrogen (secondary N) is 1. The van der Waals surface area contributed by atoms with Gasteiger partial charge in [0.25, 0.3) is 5.56 Å². The van der Waals surface area contributed by atoms with Crippen LogP contribution in [0.15, 0.2) is 41.3 Å². The van der Waals surface area contributed by atoms with Crippen molar-refractivity contribution in [1.82, 2.24) is 24.7 Å². The summed E-state index contributed by atoms with van der Waals surface area (Å²) >= 11 is 1.47. The van der Waals surface area contributed by atoms with Gasteiger partial charge < -0.3 is 9.64 Å². The quantitative estimate of drug-likeness (QED) is 0.574. The number of benzene rings is 1. The number of aryl methyl sites for hydroxylation is 1. The smallest absolute Gasteiger partial charge is 0.273 e. The number of rotatable bonds is 3. The third-order valence-corrected chi connectivity index (χ3v) is 5.77. The van der Waals surface area contributed by atoms with Crippen molar-refractivity contribution in [2.45, 2.75) is 6.92 Å². The maximum atomic E-state index is 12.6. The van der Waals surface area contributed by atoms with Gasteiger partial charge in [0, 0.05) is 30.9 Å². The Bertz CT molecular complexity index is 1170. The SMILES string of the molecule is Cc1nc(N2CCOCC2)ncc1-c1cc(=O)n(-c2nc3ccccc3s2)[nH]1. The molecule has 0 spiro atoms. The minimum atomic E-state index is -0.161. The van der Waals surface area contributed by atoms with Crippen molar-refractivity contribution in [2.24, 2.45) is 0 Å². The van der Waals surface area contributed by atoms with Crippen molar-refractivity contribution in [3.63, 3.8) is 0 Å². The van der Waals surface area contributed by atoms with E-state index < -0.39 is 0 Å². The molecule has 8 nitrogen and oxygen atoms in total. The second kappa shape index (κ2) is 6.84. The summed E-state index contributed by atoms with van der Waals surface area (Å²) in [6, 6.07) is 9.39. The van der Waals surface area contributed by atoms with Gasteiger partial charge in [-0.2, -0.15) is 4.68 Å². The van der Waals surface area contributed by atoms with Crippen LogP contribution in [0.1, 0.15) is 5.69 Å². The first kappa shape index (κ1) is 17.1. The number of aromatic amines is 1.